The number of sulfone groups is 1. The highest BCUT2D eigenvalue weighted by Crippen LogP contribution is 2.30. The Kier molecular flexibility index (Phi) is 6.89. The topological polar surface area (TPSA) is 72.9 Å². The molecule has 1 rings (SSSR count). The number of ether oxygens (including phenoxy) is 2. The lowest BCUT2D eigenvalue weighted by Gasteiger charge is -2.29. The number of rotatable bonds is 7. The summed E-state index contributed by atoms with van der Waals surface area (Å²) in [4.78, 5) is 13.8. The molecule has 0 radical (unpaired) electrons. The van der Waals surface area contributed by atoms with Gasteiger partial charge in [0.1, 0.15) is 15.4 Å². The number of hydrogen-bond donors (Lipinski definition) is 0. The van der Waals surface area contributed by atoms with Gasteiger partial charge >= 0.3 is 6.09 Å². The summed E-state index contributed by atoms with van der Waals surface area (Å²) in [7, 11) is -2.95. The molecule has 6 nitrogen and oxygen atoms in total. The third-order valence-corrected chi connectivity index (χ3v) is 5.85. The lowest BCUT2D eigenvalue weighted by atomic mass is 10.00. The molecule has 0 spiro atoms. The molecule has 1 aliphatic heterocycles. The maximum Gasteiger partial charge on any atom is 0.410 e. The van der Waals surface area contributed by atoms with E-state index in [0.29, 0.717) is 26.1 Å². The molecule has 7 heteroatoms. The van der Waals surface area contributed by atoms with Crippen molar-refractivity contribution < 1.29 is 22.7 Å². The normalized spacial score (nSPS) is 22.4. The van der Waals surface area contributed by atoms with Crippen LogP contribution < -0.4 is 0 Å². The lowest BCUT2D eigenvalue weighted by molar-refractivity contribution is -0.0419. The first kappa shape index (κ1) is 20.2. The van der Waals surface area contributed by atoms with E-state index in [1.165, 1.54) is 0 Å². The van der Waals surface area contributed by atoms with Crippen molar-refractivity contribution in [2.75, 3.05) is 31.2 Å². The van der Waals surface area contributed by atoms with Crippen molar-refractivity contribution >= 4 is 15.9 Å². The van der Waals surface area contributed by atoms with Crippen LogP contribution in [-0.2, 0) is 19.3 Å². The Hall–Kier alpha value is -0.820. The molecule has 1 fully saturated rings. The molecule has 0 aromatic heterocycles. The Morgan fingerprint density at radius 3 is 2.43 bits per heavy atom. The zero-order valence-electron chi connectivity index (χ0n) is 15.1. The van der Waals surface area contributed by atoms with Crippen LogP contribution in [0.1, 0.15) is 53.9 Å². The van der Waals surface area contributed by atoms with Gasteiger partial charge in [-0.3, -0.25) is 0 Å². The monoisotopic (exact) mass is 349 g/mol. The minimum absolute atomic E-state index is 0.152. The fraction of sp³-hybridized carbons (Fsp3) is 0.938. The summed E-state index contributed by atoms with van der Waals surface area (Å²) < 4.78 is 34.4. The second-order valence-corrected chi connectivity index (χ2v) is 9.60. The molecule has 0 saturated carbocycles. The second kappa shape index (κ2) is 7.83. The number of carbonyl (C=O) groups excluding carboxylic acids is 1. The highest BCUT2D eigenvalue weighted by atomic mass is 32.2. The molecular formula is C16H31NO5S. The molecule has 0 bridgehead atoms. The number of nitrogens with zero attached hydrogens (tertiary/aromatic N) is 1. The van der Waals surface area contributed by atoms with Crippen LogP contribution in [0.4, 0.5) is 4.79 Å². The first-order valence-corrected chi connectivity index (χ1v) is 10.2. The predicted octanol–water partition coefficient (Wildman–Crippen LogP) is 2.62. The summed E-state index contributed by atoms with van der Waals surface area (Å²) in [6, 6.07) is 0. The average molecular weight is 349 g/mol. The SMILES string of the molecule is CCC1(OCCCS(=O)(=O)CC)CCN(C(=O)OC(C)(C)C)C1. The van der Waals surface area contributed by atoms with Gasteiger partial charge in [0.2, 0.25) is 0 Å². The maximum atomic E-state index is 12.1. The highest BCUT2D eigenvalue weighted by molar-refractivity contribution is 7.91. The van der Waals surface area contributed by atoms with Crippen molar-refractivity contribution in [1.82, 2.24) is 4.90 Å². The highest BCUT2D eigenvalue weighted by Gasteiger charge is 2.40. The Morgan fingerprint density at radius 1 is 1.26 bits per heavy atom. The zero-order valence-corrected chi connectivity index (χ0v) is 15.9. The standard InChI is InChI=1S/C16H31NO5S/c1-6-16(21-11-8-12-23(19,20)7-2)9-10-17(13-16)14(18)22-15(3,4)5/h6-13H2,1-5H3. The van der Waals surface area contributed by atoms with Crippen molar-refractivity contribution in [1.29, 1.82) is 0 Å². The average Bonchev–Trinajstić information content (AvgIpc) is 2.87. The fourth-order valence-electron chi connectivity index (χ4n) is 2.55. The molecule has 0 aromatic carbocycles. The van der Waals surface area contributed by atoms with Gasteiger partial charge in [-0.05, 0) is 40.0 Å². The minimum atomic E-state index is -2.95. The van der Waals surface area contributed by atoms with E-state index in [1.807, 2.05) is 27.7 Å². The molecule has 1 aliphatic rings. The third kappa shape index (κ3) is 6.67. The number of amides is 1. The predicted molar refractivity (Wildman–Crippen MR) is 90.3 cm³/mol. The van der Waals surface area contributed by atoms with Crippen LogP contribution in [-0.4, -0.2) is 61.8 Å². The van der Waals surface area contributed by atoms with Crippen molar-refractivity contribution in [3.05, 3.63) is 0 Å². The van der Waals surface area contributed by atoms with Crippen LogP contribution in [0.25, 0.3) is 0 Å². The van der Waals surface area contributed by atoms with Crippen LogP contribution in [0, 0.1) is 0 Å². The van der Waals surface area contributed by atoms with E-state index in [-0.39, 0.29) is 23.2 Å². The lowest BCUT2D eigenvalue weighted by Crippen LogP contribution is -2.40. The van der Waals surface area contributed by atoms with Crippen molar-refractivity contribution in [2.45, 2.75) is 65.1 Å². The molecule has 1 unspecified atom stereocenters. The van der Waals surface area contributed by atoms with Gasteiger partial charge in [-0.25, -0.2) is 13.2 Å². The molecule has 1 saturated heterocycles. The summed E-state index contributed by atoms with van der Waals surface area (Å²) in [6.45, 7) is 10.7. The van der Waals surface area contributed by atoms with Gasteiger partial charge in [-0.1, -0.05) is 13.8 Å². The van der Waals surface area contributed by atoms with Gasteiger partial charge < -0.3 is 14.4 Å². The Bertz CT molecular complexity index is 497. The van der Waals surface area contributed by atoms with Crippen molar-refractivity contribution in [3.63, 3.8) is 0 Å². The molecule has 1 heterocycles. The molecule has 0 aliphatic carbocycles. The van der Waals surface area contributed by atoms with Crippen LogP contribution in [0.15, 0.2) is 0 Å². The summed E-state index contributed by atoms with van der Waals surface area (Å²) in [6.07, 6.45) is 1.71. The second-order valence-electron chi connectivity index (χ2n) is 7.13. The molecule has 23 heavy (non-hydrogen) atoms. The molecule has 1 amide bonds. The maximum absolute atomic E-state index is 12.1. The summed E-state index contributed by atoms with van der Waals surface area (Å²) in [5.74, 6) is 0.317. The largest absolute Gasteiger partial charge is 0.444 e. The van der Waals surface area contributed by atoms with Gasteiger partial charge in [0.15, 0.2) is 0 Å². The van der Waals surface area contributed by atoms with E-state index in [1.54, 1.807) is 11.8 Å². The van der Waals surface area contributed by atoms with E-state index in [4.69, 9.17) is 9.47 Å². The van der Waals surface area contributed by atoms with Gasteiger partial charge in [0.25, 0.3) is 0 Å². The van der Waals surface area contributed by atoms with Gasteiger partial charge in [0.05, 0.1) is 17.9 Å². The minimum Gasteiger partial charge on any atom is -0.444 e. The molecule has 0 N–H and O–H groups in total. The van der Waals surface area contributed by atoms with Crippen molar-refractivity contribution in [2.24, 2.45) is 0 Å². The van der Waals surface area contributed by atoms with E-state index < -0.39 is 15.4 Å². The van der Waals surface area contributed by atoms with Gasteiger partial charge in [0, 0.05) is 18.9 Å². The van der Waals surface area contributed by atoms with E-state index in [9.17, 15) is 13.2 Å². The third-order valence-electron chi connectivity index (χ3n) is 4.06. The number of likely N-dealkylation sites (tertiary alicyclic amines) is 1. The van der Waals surface area contributed by atoms with Crippen LogP contribution >= 0.6 is 0 Å². The Morgan fingerprint density at radius 2 is 1.91 bits per heavy atom. The van der Waals surface area contributed by atoms with E-state index in [2.05, 4.69) is 0 Å². The molecule has 0 aromatic rings. The quantitative estimate of drug-likeness (QED) is 0.661. The number of carbonyl (C=O) groups is 1. The Balaban J connectivity index is 2.49. The summed E-state index contributed by atoms with van der Waals surface area (Å²) in [5, 5.41) is 0. The molecular weight excluding hydrogens is 318 g/mol. The van der Waals surface area contributed by atoms with Crippen LogP contribution in [0.3, 0.4) is 0 Å². The fourth-order valence-corrected chi connectivity index (χ4v) is 3.39. The van der Waals surface area contributed by atoms with E-state index in [0.717, 1.165) is 12.8 Å². The van der Waals surface area contributed by atoms with Crippen molar-refractivity contribution in [3.8, 4) is 0 Å². The van der Waals surface area contributed by atoms with Gasteiger partial charge in [-0.15, -0.1) is 0 Å². The molecule has 136 valence electrons. The zero-order chi connectivity index (χ0) is 17.7. The molecule has 1 atom stereocenters. The Labute approximate surface area is 140 Å². The van der Waals surface area contributed by atoms with Gasteiger partial charge in [-0.2, -0.15) is 0 Å². The summed E-state index contributed by atoms with van der Waals surface area (Å²) >= 11 is 0. The first-order valence-electron chi connectivity index (χ1n) is 8.35. The van der Waals surface area contributed by atoms with Crippen LogP contribution in [0.2, 0.25) is 0 Å². The summed E-state index contributed by atoms with van der Waals surface area (Å²) in [5.41, 5.74) is -0.892. The first-order chi connectivity index (χ1) is 10.5. The van der Waals surface area contributed by atoms with E-state index >= 15 is 0 Å². The number of hydrogen-bond acceptors (Lipinski definition) is 5. The smallest absolute Gasteiger partial charge is 0.410 e. The van der Waals surface area contributed by atoms with Crippen LogP contribution in [0.5, 0.6) is 0 Å².